The molecule has 1 aromatic rings. The summed E-state index contributed by atoms with van der Waals surface area (Å²) in [5.41, 5.74) is 0.216. The first-order valence-corrected chi connectivity index (χ1v) is 10.8. The van der Waals surface area contributed by atoms with E-state index in [2.05, 4.69) is 19.0 Å². The van der Waals surface area contributed by atoms with Crippen molar-refractivity contribution in [3.8, 4) is 0 Å². The maximum Gasteiger partial charge on any atom is 0.306 e. The predicted molar refractivity (Wildman–Crippen MR) is 112 cm³/mol. The van der Waals surface area contributed by atoms with E-state index in [-0.39, 0.29) is 30.1 Å². The van der Waals surface area contributed by atoms with E-state index in [1.165, 1.54) is 0 Å². The normalized spacial score (nSPS) is 20.5. The molecular weight excluding hydrogens is 386 g/mol. The van der Waals surface area contributed by atoms with Crippen LogP contribution in [0.1, 0.15) is 96.4 Å². The maximum atomic E-state index is 12.3. The molecule has 1 atom stereocenters. The number of carboxylic acid groups (broad SMARTS) is 1. The number of rotatable bonds is 11. The minimum Gasteiger partial charge on any atom is -0.481 e. The Labute approximate surface area is 179 Å². The van der Waals surface area contributed by atoms with E-state index < -0.39 is 11.6 Å². The van der Waals surface area contributed by atoms with Gasteiger partial charge in [0.05, 0.1) is 18.7 Å². The van der Waals surface area contributed by atoms with Gasteiger partial charge >= 0.3 is 11.9 Å². The molecule has 0 aromatic carbocycles. The fraction of sp³-hybridized carbons (Fsp3) is 0.783. The second-order valence-electron chi connectivity index (χ2n) is 10.4. The lowest BCUT2D eigenvalue weighted by Crippen LogP contribution is -2.29. The molecule has 1 heterocycles. The summed E-state index contributed by atoms with van der Waals surface area (Å²) < 4.78 is 16.3. The Balaban J connectivity index is 1.97. The van der Waals surface area contributed by atoms with Crippen LogP contribution in [0.4, 0.5) is 0 Å². The topological polar surface area (TPSA) is 98.9 Å². The van der Waals surface area contributed by atoms with Crippen LogP contribution < -0.4 is 0 Å². The number of hydrogen-bond acceptors (Lipinski definition) is 6. The fourth-order valence-corrected chi connectivity index (χ4v) is 4.29. The number of esters is 1. The lowest BCUT2D eigenvalue weighted by atomic mass is 9.67. The second kappa shape index (κ2) is 9.94. The first kappa shape index (κ1) is 24.4. The molecule has 7 nitrogen and oxygen atoms in total. The summed E-state index contributed by atoms with van der Waals surface area (Å²) in [7, 11) is 1.74. The Hall–Kier alpha value is -1.89. The van der Waals surface area contributed by atoms with E-state index in [1.54, 1.807) is 7.11 Å². The van der Waals surface area contributed by atoms with Gasteiger partial charge in [-0.05, 0) is 57.8 Å². The van der Waals surface area contributed by atoms with Gasteiger partial charge in [0, 0.05) is 31.4 Å². The number of carboxylic acids is 1. The van der Waals surface area contributed by atoms with Crippen LogP contribution in [0.25, 0.3) is 0 Å². The Bertz CT molecular complexity index is 712. The highest BCUT2D eigenvalue weighted by Crippen LogP contribution is 2.47. The number of ether oxygens (including phenoxy) is 2. The lowest BCUT2D eigenvalue weighted by Gasteiger charge is -2.38. The largest absolute Gasteiger partial charge is 0.481 e. The van der Waals surface area contributed by atoms with E-state index in [4.69, 9.17) is 19.1 Å². The first-order valence-electron chi connectivity index (χ1n) is 10.8. The molecule has 0 unspecified atom stereocenters. The summed E-state index contributed by atoms with van der Waals surface area (Å²) in [5.74, 6) is 0.217. The van der Waals surface area contributed by atoms with Crippen molar-refractivity contribution in [3.63, 3.8) is 0 Å². The highest BCUT2D eigenvalue weighted by molar-refractivity contribution is 5.71. The predicted octanol–water partition coefficient (Wildman–Crippen LogP) is 4.91. The molecule has 30 heavy (non-hydrogen) atoms. The fourth-order valence-electron chi connectivity index (χ4n) is 4.29. The SMILES string of the molecule is COCC(C)(C)CC1CC(c2cc([C@@H](CCC(=O)O)CC(=O)OC(C)(C)C)no2)C1. The van der Waals surface area contributed by atoms with E-state index >= 15 is 0 Å². The Morgan fingerprint density at radius 1 is 1.27 bits per heavy atom. The van der Waals surface area contributed by atoms with Crippen molar-refractivity contribution in [1.29, 1.82) is 0 Å². The van der Waals surface area contributed by atoms with Crippen LogP contribution in [-0.2, 0) is 19.1 Å². The molecular formula is C23H37NO6. The van der Waals surface area contributed by atoms with Gasteiger partial charge in [0.15, 0.2) is 0 Å². The number of aromatic nitrogens is 1. The highest BCUT2D eigenvalue weighted by Gasteiger charge is 2.37. The van der Waals surface area contributed by atoms with Crippen molar-refractivity contribution in [3.05, 3.63) is 17.5 Å². The average Bonchev–Trinajstić information content (AvgIpc) is 3.01. The molecule has 7 heteroatoms. The van der Waals surface area contributed by atoms with E-state index in [9.17, 15) is 9.59 Å². The van der Waals surface area contributed by atoms with Gasteiger partial charge in [0.25, 0.3) is 0 Å². The third-order valence-corrected chi connectivity index (χ3v) is 5.52. The van der Waals surface area contributed by atoms with Gasteiger partial charge in [-0.15, -0.1) is 0 Å². The molecule has 1 N–H and O–H groups in total. The van der Waals surface area contributed by atoms with Crippen LogP contribution in [-0.4, -0.2) is 41.5 Å². The van der Waals surface area contributed by atoms with Crippen molar-refractivity contribution >= 4 is 11.9 Å². The number of aliphatic carboxylic acids is 1. The summed E-state index contributed by atoms with van der Waals surface area (Å²) in [5, 5.41) is 13.2. The average molecular weight is 424 g/mol. The van der Waals surface area contributed by atoms with Crippen LogP contribution >= 0.6 is 0 Å². The third-order valence-electron chi connectivity index (χ3n) is 5.52. The maximum absolute atomic E-state index is 12.3. The molecule has 0 saturated heterocycles. The second-order valence-corrected chi connectivity index (χ2v) is 10.4. The smallest absolute Gasteiger partial charge is 0.306 e. The number of nitrogens with zero attached hydrogens (tertiary/aromatic N) is 1. The number of carbonyl (C=O) groups is 2. The van der Waals surface area contributed by atoms with E-state index in [0.29, 0.717) is 24.0 Å². The van der Waals surface area contributed by atoms with Crippen LogP contribution in [0.15, 0.2) is 10.6 Å². The van der Waals surface area contributed by atoms with Gasteiger partial charge in [-0.2, -0.15) is 0 Å². The molecule has 0 radical (unpaired) electrons. The van der Waals surface area contributed by atoms with Crippen LogP contribution in [0.2, 0.25) is 0 Å². The third kappa shape index (κ3) is 7.74. The van der Waals surface area contributed by atoms with Crippen molar-refractivity contribution in [2.24, 2.45) is 11.3 Å². The molecule has 1 fully saturated rings. The summed E-state index contributed by atoms with van der Waals surface area (Å²) in [6.07, 6.45) is 3.59. The molecule has 0 amide bonds. The Kier molecular flexibility index (Phi) is 8.08. The van der Waals surface area contributed by atoms with Gasteiger partial charge in [-0.1, -0.05) is 19.0 Å². The standard InChI is InChI=1S/C23H37NO6/c1-22(2,3)29-21(27)11-16(7-8-20(25)26)18-12-19(30-24-18)17-9-15(10-17)13-23(4,5)14-28-6/h12,15-17H,7-11,13-14H2,1-6H3,(H,25,26)/t15?,16-,17?/m0/s1. The van der Waals surface area contributed by atoms with Gasteiger partial charge in [-0.25, -0.2) is 0 Å². The van der Waals surface area contributed by atoms with Crippen molar-refractivity contribution in [1.82, 2.24) is 5.16 Å². The molecule has 1 saturated carbocycles. The van der Waals surface area contributed by atoms with Crippen molar-refractivity contribution in [2.45, 2.75) is 90.6 Å². The summed E-state index contributed by atoms with van der Waals surface area (Å²) in [4.78, 5) is 23.3. The quantitative estimate of drug-likeness (QED) is 0.505. The van der Waals surface area contributed by atoms with Gasteiger partial charge in [0.2, 0.25) is 0 Å². The van der Waals surface area contributed by atoms with Gasteiger partial charge in [-0.3, -0.25) is 9.59 Å². The molecule has 0 bridgehead atoms. The van der Waals surface area contributed by atoms with E-state index in [1.807, 2.05) is 26.8 Å². The van der Waals surface area contributed by atoms with Crippen LogP contribution in [0.3, 0.4) is 0 Å². The summed E-state index contributed by atoms with van der Waals surface area (Å²) in [6, 6.07) is 1.90. The zero-order chi connectivity index (χ0) is 22.5. The number of methoxy groups -OCH3 is 1. The molecule has 0 spiro atoms. The monoisotopic (exact) mass is 423 g/mol. The van der Waals surface area contributed by atoms with Crippen molar-refractivity contribution in [2.75, 3.05) is 13.7 Å². The Morgan fingerprint density at radius 3 is 2.50 bits per heavy atom. The molecule has 1 aliphatic carbocycles. The minimum absolute atomic E-state index is 0.0320. The molecule has 170 valence electrons. The van der Waals surface area contributed by atoms with Gasteiger partial charge < -0.3 is 19.1 Å². The zero-order valence-electron chi connectivity index (χ0n) is 19.2. The zero-order valence-corrected chi connectivity index (χ0v) is 19.2. The van der Waals surface area contributed by atoms with Crippen LogP contribution in [0, 0.1) is 11.3 Å². The molecule has 1 aromatic heterocycles. The lowest BCUT2D eigenvalue weighted by molar-refractivity contribution is -0.155. The summed E-state index contributed by atoms with van der Waals surface area (Å²) in [6.45, 7) is 10.6. The first-order chi connectivity index (χ1) is 13.9. The summed E-state index contributed by atoms with van der Waals surface area (Å²) >= 11 is 0. The Morgan fingerprint density at radius 2 is 1.93 bits per heavy atom. The van der Waals surface area contributed by atoms with Crippen LogP contribution in [0.5, 0.6) is 0 Å². The van der Waals surface area contributed by atoms with Gasteiger partial charge in [0.1, 0.15) is 11.4 Å². The number of hydrogen-bond donors (Lipinski definition) is 1. The van der Waals surface area contributed by atoms with Crippen molar-refractivity contribution < 1.29 is 28.7 Å². The number of carbonyl (C=O) groups excluding carboxylic acids is 1. The molecule has 0 aliphatic heterocycles. The highest BCUT2D eigenvalue weighted by atomic mass is 16.6. The minimum atomic E-state index is -0.895. The molecule has 2 rings (SSSR count). The van der Waals surface area contributed by atoms with E-state index in [0.717, 1.165) is 31.6 Å². The molecule has 1 aliphatic rings.